The Bertz CT molecular complexity index is 336. The van der Waals surface area contributed by atoms with E-state index in [0.717, 1.165) is 31.2 Å². The highest BCUT2D eigenvalue weighted by Crippen LogP contribution is 2.25. The number of aromatic nitrogens is 1. The molecule has 1 unspecified atom stereocenters. The number of nitrogens with zero attached hydrogens (tertiary/aromatic N) is 2. The molecule has 0 aromatic carbocycles. The summed E-state index contributed by atoms with van der Waals surface area (Å²) in [6.07, 6.45) is 4.13. The normalized spacial score (nSPS) is 19.8. The fourth-order valence-electron chi connectivity index (χ4n) is 1.92. The monoisotopic (exact) mass is 255 g/mol. The predicted octanol–water partition coefficient (Wildman–Crippen LogP) is 2.12. The average molecular weight is 255 g/mol. The second-order valence-electron chi connectivity index (χ2n) is 4.43. The van der Waals surface area contributed by atoms with Crippen molar-refractivity contribution in [2.45, 2.75) is 32.4 Å². The Morgan fingerprint density at radius 3 is 3.24 bits per heavy atom. The molecule has 0 amide bonds. The molecule has 4 nitrogen and oxygen atoms in total. The summed E-state index contributed by atoms with van der Waals surface area (Å²) in [6, 6.07) is 1.33. The van der Waals surface area contributed by atoms with Crippen LogP contribution in [0.15, 0.2) is 10.7 Å². The SMILES string of the molecule is CCCNCc1coc(N(C)C2CCSC2)n1. The average Bonchev–Trinajstić information content (AvgIpc) is 3.00. The third-order valence-electron chi connectivity index (χ3n) is 3.03. The standard InChI is InChI=1S/C12H21N3OS/c1-3-5-13-7-10-8-16-12(14-10)15(2)11-4-6-17-9-11/h8,11,13H,3-7,9H2,1-2H3. The lowest BCUT2D eigenvalue weighted by Gasteiger charge is -2.21. The molecule has 5 heteroatoms. The van der Waals surface area contributed by atoms with Crippen LogP contribution in [0.2, 0.25) is 0 Å². The Balaban J connectivity index is 1.88. The molecule has 1 saturated heterocycles. The van der Waals surface area contributed by atoms with Crippen LogP contribution in [-0.2, 0) is 6.54 Å². The molecule has 1 aliphatic heterocycles. The number of oxazole rings is 1. The van der Waals surface area contributed by atoms with Crippen molar-refractivity contribution in [2.75, 3.05) is 30.0 Å². The third kappa shape index (κ3) is 3.39. The van der Waals surface area contributed by atoms with Gasteiger partial charge in [-0.05, 0) is 25.1 Å². The van der Waals surface area contributed by atoms with Gasteiger partial charge in [-0.15, -0.1) is 0 Å². The molecule has 2 rings (SSSR count). The summed E-state index contributed by atoms with van der Waals surface area (Å²) < 4.78 is 5.54. The van der Waals surface area contributed by atoms with E-state index >= 15 is 0 Å². The minimum atomic E-state index is 0.579. The van der Waals surface area contributed by atoms with Crippen molar-refractivity contribution in [1.82, 2.24) is 10.3 Å². The lowest BCUT2D eigenvalue weighted by Crippen LogP contribution is -2.31. The molecule has 1 aliphatic rings. The van der Waals surface area contributed by atoms with Crippen LogP contribution in [0.5, 0.6) is 0 Å². The van der Waals surface area contributed by atoms with E-state index in [1.165, 1.54) is 17.9 Å². The smallest absolute Gasteiger partial charge is 0.297 e. The van der Waals surface area contributed by atoms with E-state index in [1.807, 2.05) is 11.8 Å². The summed E-state index contributed by atoms with van der Waals surface area (Å²) >= 11 is 2.01. The Labute approximate surface area is 107 Å². The fraction of sp³-hybridized carbons (Fsp3) is 0.750. The summed E-state index contributed by atoms with van der Waals surface area (Å²) in [5, 5.41) is 3.33. The van der Waals surface area contributed by atoms with Gasteiger partial charge < -0.3 is 14.6 Å². The Hall–Kier alpha value is -0.680. The van der Waals surface area contributed by atoms with Crippen molar-refractivity contribution in [3.05, 3.63) is 12.0 Å². The fourth-order valence-corrected chi connectivity index (χ4v) is 3.18. The first kappa shape index (κ1) is 12.8. The van der Waals surface area contributed by atoms with Gasteiger partial charge in [0.25, 0.3) is 6.01 Å². The second kappa shape index (κ2) is 6.31. The molecule has 0 radical (unpaired) electrons. The van der Waals surface area contributed by atoms with Crippen molar-refractivity contribution in [2.24, 2.45) is 0 Å². The molecule has 1 N–H and O–H groups in total. The molecular formula is C12H21N3OS. The zero-order chi connectivity index (χ0) is 12.1. The van der Waals surface area contributed by atoms with Gasteiger partial charge in [0.15, 0.2) is 0 Å². The Kier molecular flexibility index (Phi) is 4.74. The molecule has 2 heterocycles. The lowest BCUT2D eigenvalue weighted by molar-refractivity contribution is 0.521. The highest BCUT2D eigenvalue weighted by atomic mass is 32.2. The van der Waals surface area contributed by atoms with Crippen LogP contribution in [0.4, 0.5) is 6.01 Å². The topological polar surface area (TPSA) is 41.3 Å². The van der Waals surface area contributed by atoms with Crippen molar-refractivity contribution in [3.8, 4) is 0 Å². The molecule has 17 heavy (non-hydrogen) atoms. The predicted molar refractivity (Wildman–Crippen MR) is 72.6 cm³/mol. The number of anilines is 1. The summed E-state index contributed by atoms with van der Waals surface area (Å²) in [5.74, 6) is 2.43. The highest BCUT2D eigenvalue weighted by molar-refractivity contribution is 7.99. The molecule has 1 aromatic rings. The van der Waals surface area contributed by atoms with Crippen LogP contribution in [-0.4, -0.2) is 36.1 Å². The second-order valence-corrected chi connectivity index (χ2v) is 5.58. The number of nitrogens with one attached hydrogen (secondary N) is 1. The van der Waals surface area contributed by atoms with Gasteiger partial charge in [0.1, 0.15) is 6.26 Å². The van der Waals surface area contributed by atoms with Gasteiger partial charge in [0.2, 0.25) is 0 Å². The minimum absolute atomic E-state index is 0.579. The van der Waals surface area contributed by atoms with E-state index in [9.17, 15) is 0 Å². The van der Waals surface area contributed by atoms with Crippen LogP contribution >= 0.6 is 11.8 Å². The first-order chi connectivity index (χ1) is 8.31. The largest absolute Gasteiger partial charge is 0.432 e. The maximum absolute atomic E-state index is 5.54. The van der Waals surface area contributed by atoms with Crippen molar-refractivity contribution in [1.29, 1.82) is 0 Å². The van der Waals surface area contributed by atoms with Gasteiger partial charge in [-0.3, -0.25) is 0 Å². The van der Waals surface area contributed by atoms with E-state index in [-0.39, 0.29) is 0 Å². The minimum Gasteiger partial charge on any atom is -0.432 e. The Morgan fingerprint density at radius 2 is 2.53 bits per heavy atom. The number of hydrogen-bond donors (Lipinski definition) is 1. The summed E-state index contributed by atoms with van der Waals surface area (Å²) in [5.41, 5.74) is 0.992. The molecular weight excluding hydrogens is 234 g/mol. The number of hydrogen-bond acceptors (Lipinski definition) is 5. The summed E-state index contributed by atoms with van der Waals surface area (Å²) in [6.45, 7) is 3.98. The molecule has 0 bridgehead atoms. The zero-order valence-corrected chi connectivity index (χ0v) is 11.4. The summed E-state index contributed by atoms with van der Waals surface area (Å²) in [7, 11) is 2.08. The molecule has 1 fully saturated rings. The van der Waals surface area contributed by atoms with Crippen molar-refractivity contribution in [3.63, 3.8) is 0 Å². The summed E-state index contributed by atoms with van der Waals surface area (Å²) in [4.78, 5) is 6.68. The maximum Gasteiger partial charge on any atom is 0.297 e. The third-order valence-corrected chi connectivity index (χ3v) is 4.17. The highest BCUT2D eigenvalue weighted by Gasteiger charge is 2.23. The maximum atomic E-state index is 5.54. The van der Waals surface area contributed by atoms with Crippen LogP contribution in [0.3, 0.4) is 0 Å². The molecule has 0 aliphatic carbocycles. The molecule has 1 atom stereocenters. The van der Waals surface area contributed by atoms with Gasteiger partial charge in [-0.25, -0.2) is 0 Å². The zero-order valence-electron chi connectivity index (χ0n) is 10.6. The van der Waals surface area contributed by atoms with Crippen molar-refractivity contribution < 1.29 is 4.42 Å². The van der Waals surface area contributed by atoms with E-state index in [2.05, 4.69) is 29.2 Å². The lowest BCUT2D eigenvalue weighted by atomic mass is 10.2. The van der Waals surface area contributed by atoms with Gasteiger partial charge >= 0.3 is 0 Å². The first-order valence-corrected chi connectivity index (χ1v) is 7.42. The van der Waals surface area contributed by atoms with Gasteiger partial charge in [0, 0.05) is 25.4 Å². The quantitative estimate of drug-likeness (QED) is 0.789. The van der Waals surface area contributed by atoms with E-state index in [4.69, 9.17) is 4.42 Å². The van der Waals surface area contributed by atoms with Gasteiger partial charge in [-0.1, -0.05) is 6.92 Å². The first-order valence-electron chi connectivity index (χ1n) is 6.27. The van der Waals surface area contributed by atoms with Crippen LogP contribution in [0, 0.1) is 0 Å². The Morgan fingerprint density at radius 1 is 1.65 bits per heavy atom. The van der Waals surface area contributed by atoms with Gasteiger partial charge in [-0.2, -0.15) is 16.7 Å². The van der Waals surface area contributed by atoms with Gasteiger partial charge in [0.05, 0.1) is 5.69 Å². The van der Waals surface area contributed by atoms with Crippen LogP contribution < -0.4 is 10.2 Å². The van der Waals surface area contributed by atoms with Crippen LogP contribution in [0.25, 0.3) is 0 Å². The van der Waals surface area contributed by atoms with Crippen LogP contribution in [0.1, 0.15) is 25.5 Å². The van der Waals surface area contributed by atoms with E-state index in [1.54, 1.807) is 6.26 Å². The molecule has 1 aromatic heterocycles. The molecule has 0 saturated carbocycles. The van der Waals surface area contributed by atoms with E-state index < -0.39 is 0 Å². The number of thioether (sulfide) groups is 1. The number of rotatable bonds is 6. The molecule has 0 spiro atoms. The van der Waals surface area contributed by atoms with E-state index in [0.29, 0.717) is 6.04 Å². The van der Waals surface area contributed by atoms with Crippen molar-refractivity contribution >= 4 is 17.8 Å². The molecule has 96 valence electrons.